The van der Waals surface area contributed by atoms with Gasteiger partial charge < -0.3 is 14.4 Å². The van der Waals surface area contributed by atoms with Crippen molar-refractivity contribution in [1.29, 1.82) is 0 Å². The topological polar surface area (TPSA) is 59.1 Å². The number of hydrogen-bond acceptors (Lipinski definition) is 4. The standard InChI is InChI=1S/C19H20INO4/c1-10-7-12(20)8-11(2)15(10)16-17(25-19(23)14-9-24-14)13-5-3-4-6-21(13)18(16)22/h7-8,13-14H,3-6,9H2,1-2H3. The molecule has 2 fully saturated rings. The summed E-state index contributed by atoms with van der Waals surface area (Å²) in [7, 11) is 0. The van der Waals surface area contributed by atoms with E-state index in [0.717, 1.165) is 46.1 Å². The van der Waals surface area contributed by atoms with E-state index in [9.17, 15) is 9.59 Å². The molecule has 3 aliphatic rings. The first-order valence-electron chi connectivity index (χ1n) is 8.63. The SMILES string of the molecule is Cc1cc(I)cc(C)c1C1=C(OC(=O)C2CO2)C2CCCCN2C1=O. The number of amides is 1. The van der Waals surface area contributed by atoms with Crippen molar-refractivity contribution in [3.8, 4) is 0 Å². The van der Waals surface area contributed by atoms with Crippen molar-refractivity contribution in [2.24, 2.45) is 0 Å². The molecule has 0 radical (unpaired) electrons. The zero-order chi connectivity index (χ0) is 17.7. The van der Waals surface area contributed by atoms with Crippen molar-refractivity contribution in [3.63, 3.8) is 0 Å². The minimum Gasteiger partial charge on any atom is -0.426 e. The van der Waals surface area contributed by atoms with Crippen molar-refractivity contribution in [2.45, 2.75) is 45.3 Å². The second-order valence-electron chi connectivity index (χ2n) is 6.91. The van der Waals surface area contributed by atoms with Crippen LogP contribution in [-0.4, -0.2) is 42.1 Å². The third kappa shape index (κ3) is 2.99. The molecule has 2 atom stereocenters. The second-order valence-corrected chi connectivity index (χ2v) is 8.15. The van der Waals surface area contributed by atoms with Gasteiger partial charge >= 0.3 is 5.97 Å². The van der Waals surface area contributed by atoms with Crippen molar-refractivity contribution in [2.75, 3.05) is 13.2 Å². The van der Waals surface area contributed by atoms with Gasteiger partial charge in [-0.25, -0.2) is 4.79 Å². The number of esters is 1. The highest BCUT2D eigenvalue weighted by atomic mass is 127. The average Bonchev–Trinajstić information content (AvgIpc) is 3.37. The summed E-state index contributed by atoms with van der Waals surface area (Å²) >= 11 is 2.28. The number of carbonyl (C=O) groups is 2. The highest BCUT2D eigenvalue weighted by molar-refractivity contribution is 14.1. The van der Waals surface area contributed by atoms with Crippen molar-refractivity contribution in [1.82, 2.24) is 4.90 Å². The third-order valence-electron chi connectivity index (χ3n) is 5.08. The maximum absolute atomic E-state index is 13.2. The Kier molecular flexibility index (Phi) is 4.35. The fourth-order valence-corrected chi connectivity index (χ4v) is 4.81. The molecule has 5 nitrogen and oxygen atoms in total. The fourth-order valence-electron chi connectivity index (χ4n) is 3.88. The lowest BCUT2D eigenvalue weighted by molar-refractivity contribution is -0.142. The van der Waals surface area contributed by atoms with Crippen LogP contribution in [0.1, 0.15) is 36.0 Å². The van der Waals surface area contributed by atoms with E-state index in [1.807, 2.05) is 18.7 Å². The van der Waals surface area contributed by atoms with Crippen LogP contribution in [0.2, 0.25) is 0 Å². The smallest absolute Gasteiger partial charge is 0.342 e. The van der Waals surface area contributed by atoms with Crippen LogP contribution in [0.25, 0.3) is 5.57 Å². The molecule has 1 aromatic rings. The Morgan fingerprint density at radius 2 is 1.96 bits per heavy atom. The third-order valence-corrected chi connectivity index (χ3v) is 5.70. The highest BCUT2D eigenvalue weighted by Gasteiger charge is 2.45. The number of aryl methyl sites for hydroxylation is 2. The monoisotopic (exact) mass is 453 g/mol. The van der Waals surface area contributed by atoms with Crippen molar-refractivity contribution < 1.29 is 19.1 Å². The van der Waals surface area contributed by atoms with Crippen molar-refractivity contribution >= 4 is 40.0 Å². The molecule has 25 heavy (non-hydrogen) atoms. The fraction of sp³-hybridized carbons (Fsp3) is 0.474. The molecular formula is C19H20INO4. The summed E-state index contributed by atoms with van der Waals surface area (Å²) in [6, 6.07) is 3.99. The number of ether oxygens (including phenoxy) is 2. The Hall–Kier alpha value is -1.41. The molecule has 132 valence electrons. The van der Waals surface area contributed by atoms with Crippen LogP contribution in [0.3, 0.4) is 0 Å². The molecule has 1 aromatic carbocycles. The summed E-state index contributed by atoms with van der Waals surface area (Å²) in [4.78, 5) is 27.2. The largest absolute Gasteiger partial charge is 0.426 e. The van der Waals surface area contributed by atoms with E-state index < -0.39 is 6.10 Å². The molecule has 6 heteroatoms. The molecule has 2 unspecified atom stereocenters. The normalized spacial score (nSPS) is 25.2. The van der Waals surface area contributed by atoms with Crippen LogP contribution in [0, 0.1) is 17.4 Å². The van der Waals surface area contributed by atoms with Gasteiger partial charge in [0.1, 0.15) is 5.76 Å². The summed E-state index contributed by atoms with van der Waals surface area (Å²) in [5, 5.41) is 0. The first-order chi connectivity index (χ1) is 12.0. The molecule has 0 aromatic heterocycles. The van der Waals surface area contributed by atoms with E-state index in [1.165, 1.54) is 0 Å². The van der Waals surface area contributed by atoms with Gasteiger partial charge in [-0.2, -0.15) is 0 Å². The first kappa shape index (κ1) is 17.0. The maximum atomic E-state index is 13.2. The van der Waals surface area contributed by atoms with E-state index in [1.54, 1.807) is 0 Å². The van der Waals surface area contributed by atoms with Gasteiger partial charge in [-0.1, -0.05) is 0 Å². The van der Waals surface area contributed by atoms with Gasteiger partial charge in [-0.3, -0.25) is 4.79 Å². The number of piperidine rings is 1. The van der Waals surface area contributed by atoms with E-state index in [-0.39, 0.29) is 17.9 Å². The summed E-state index contributed by atoms with van der Waals surface area (Å²) in [6.45, 7) is 5.14. The number of halogens is 1. The molecule has 2 saturated heterocycles. The number of benzene rings is 1. The zero-order valence-corrected chi connectivity index (χ0v) is 16.5. The summed E-state index contributed by atoms with van der Waals surface area (Å²) in [5.74, 6) is 0.128. The lowest BCUT2D eigenvalue weighted by atomic mass is 9.94. The number of hydrogen-bond donors (Lipinski definition) is 0. The van der Waals surface area contributed by atoms with Crippen LogP contribution >= 0.6 is 22.6 Å². The summed E-state index contributed by atoms with van der Waals surface area (Å²) in [6.07, 6.45) is 2.40. The molecule has 0 aliphatic carbocycles. The van der Waals surface area contributed by atoms with E-state index >= 15 is 0 Å². The Morgan fingerprint density at radius 1 is 1.28 bits per heavy atom. The molecule has 0 bridgehead atoms. The zero-order valence-electron chi connectivity index (χ0n) is 14.3. The highest BCUT2D eigenvalue weighted by Crippen LogP contribution is 2.41. The minimum absolute atomic E-state index is 0.0170. The number of rotatable bonds is 3. The Bertz CT molecular complexity index is 774. The first-order valence-corrected chi connectivity index (χ1v) is 9.71. The minimum atomic E-state index is -0.472. The molecule has 4 rings (SSSR count). The molecule has 0 spiro atoms. The van der Waals surface area contributed by atoms with Crippen LogP contribution < -0.4 is 0 Å². The number of epoxide rings is 1. The Balaban J connectivity index is 1.84. The van der Waals surface area contributed by atoms with Crippen LogP contribution in [0.15, 0.2) is 17.9 Å². The van der Waals surface area contributed by atoms with Gasteiger partial charge in [-0.05, 0) is 84.5 Å². The van der Waals surface area contributed by atoms with Gasteiger partial charge in [0.05, 0.1) is 18.2 Å². The van der Waals surface area contributed by atoms with Crippen LogP contribution in [0.5, 0.6) is 0 Å². The molecule has 1 amide bonds. The van der Waals surface area contributed by atoms with Crippen LogP contribution in [-0.2, 0) is 19.1 Å². The van der Waals surface area contributed by atoms with Gasteiger partial charge in [-0.15, -0.1) is 0 Å². The molecule has 0 saturated carbocycles. The van der Waals surface area contributed by atoms with E-state index in [4.69, 9.17) is 9.47 Å². The van der Waals surface area contributed by atoms with Gasteiger partial charge in [0.15, 0.2) is 6.10 Å². The average molecular weight is 453 g/mol. The van der Waals surface area contributed by atoms with Gasteiger partial charge in [0, 0.05) is 10.1 Å². The Labute approximate surface area is 160 Å². The van der Waals surface area contributed by atoms with E-state index in [0.29, 0.717) is 17.9 Å². The Morgan fingerprint density at radius 3 is 2.60 bits per heavy atom. The summed E-state index contributed by atoms with van der Waals surface area (Å²) < 4.78 is 11.9. The lowest BCUT2D eigenvalue weighted by Crippen LogP contribution is -2.40. The molecule has 3 aliphatic heterocycles. The second kappa shape index (κ2) is 6.39. The van der Waals surface area contributed by atoms with Gasteiger partial charge in [0.2, 0.25) is 0 Å². The van der Waals surface area contributed by atoms with Crippen molar-refractivity contribution in [3.05, 3.63) is 38.2 Å². The predicted octanol–water partition coefficient (Wildman–Crippen LogP) is 2.96. The number of fused-ring (bicyclic) bond motifs is 1. The number of nitrogens with zero attached hydrogens (tertiary/aromatic N) is 1. The van der Waals surface area contributed by atoms with E-state index in [2.05, 4.69) is 34.7 Å². The molecular weight excluding hydrogens is 433 g/mol. The molecule has 0 N–H and O–H groups in total. The quantitative estimate of drug-likeness (QED) is 0.401. The number of carbonyl (C=O) groups excluding carboxylic acids is 2. The maximum Gasteiger partial charge on any atom is 0.342 e. The van der Waals surface area contributed by atoms with Gasteiger partial charge in [0.25, 0.3) is 5.91 Å². The van der Waals surface area contributed by atoms with Crippen LogP contribution in [0.4, 0.5) is 0 Å². The lowest BCUT2D eigenvalue weighted by Gasteiger charge is -2.30. The molecule has 3 heterocycles. The summed E-state index contributed by atoms with van der Waals surface area (Å²) in [5.41, 5.74) is 3.53. The predicted molar refractivity (Wildman–Crippen MR) is 101 cm³/mol.